The Morgan fingerprint density at radius 1 is 1.11 bits per heavy atom. The number of nitrogens with zero attached hydrogens (tertiary/aromatic N) is 2. The number of amides is 1. The van der Waals surface area contributed by atoms with Crippen molar-refractivity contribution in [3.05, 3.63) is 47.2 Å². The zero-order valence-electron chi connectivity index (χ0n) is 10.3. The number of carbonyl (C=O) groups excluding carboxylic acids is 1. The van der Waals surface area contributed by atoms with Gasteiger partial charge in [-0.05, 0) is 46.1 Å². The highest BCUT2D eigenvalue weighted by Gasteiger charge is 2.21. The normalized spacial score (nSPS) is 15.0. The summed E-state index contributed by atoms with van der Waals surface area (Å²) in [5, 5.41) is 0. The summed E-state index contributed by atoms with van der Waals surface area (Å²) in [6.45, 7) is 0.830. The summed E-state index contributed by atoms with van der Waals surface area (Å²) in [4.78, 5) is 17.7. The molecule has 2 aromatic rings. The lowest BCUT2D eigenvalue weighted by Crippen LogP contribution is -2.23. The van der Waals surface area contributed by atoms with Crippen LogP contribution in [0.2, 0.25) is 0 Å². The first-order valence-electron chi connectivity index (χ1n) is 6.25. The molecule has 0 radical (unpaired) electrons. The van der Waals surface area contributed by atoms with Gasteiger partial charge in [0.05, 0.1) is 0 Å². The molecule has 1 aromatic heterocycles. The summed E-state index contributed by atoms with van der Waals surface area (Å²) in [7, 11) is 0. The Labute approximate surface area is 120 Å². The number of pyridine rings is 1. The minimum atomic E-state index is 0.219. The van der Waals surface area contributed by atoms with Crippen LogP contribution in [0.15, 0.2) is 47.2 Å². The summed E-state index contributed by atoms with van der Waals surface area (Å²) in [5.41, 5.74) is 3.15. The molecule has 1 aliphatic heterocycles. The van der Waals surface area contributed by atoms with E-state index in [2.05, 4.69) is 20.9 Å². The Kier molecular flexibility index (Phi) is 3.34. The molecule has 0 unspecified atom stereocenters. The van der Waals surface area contributed by atoms with Crippen LogP contribution < -0.4 is 4.90 Å². The van der Waals surface area contributed by atoms with Crippen LogP contribution in [-0.2, 0) is 4.79 Å². The van der Waals surface area contributed by atoms with E-state index in [9.17, 15) is 4.79 Å². The number of carbonyl (C=O) groups is 1. The van der Waals surface area contributed by atoms with Crippen molar-refractivity contribution in [2.75, 3.05) is 11.4 Å². The molecule has 19 heavy (non-hydrogen) atoms. The van der Waals surface area contributed by atoms with Gasteiger partial charge in [0, 0.05) is 41.1 Å². The molecule has 3 nitrogen and oxygen atoms in total. The van der Waals surface area contributed by atoms with Gasteiger partial charge in [-0.1, -0.05) is 12.1 Å². The molecular weight excluding hydrogens is 304 g/mol. The first-order valence-corrected chi connectivity index (χ1v) is 7.05. The van der Waals surface area contributed by atoms with Gasteiger partial charge in [-0.25, -0.2) is 0 Å². The van der Waals surface area contributed by atoms with Gasteiger partial charge in [-0.15, -0.1) is 0 Å². The summed E-state index contributed by atoms with van der Waals surface area (Å²) >= 11 is 3.42. The zero-order chi connectivity index (χ0) is 13.2. The molecular formula is C15H13BrN2O. The van der Waals surface area contributed by atoms with Crippen LogP contribution in [0.1, 0.15) is 12.8 Å². The first-order chi connectivity index (χ1) is 9.24. The van der Waals surface area contributed by atoms with Crippen molar-refractivity contribution < 1.29 is 4.79 Å². The second kappa shape index (κ2) is 5.13. The smallest absolute Gasteiger partial charge is 0.227 e. The van der Waals surface area contributed by atoms with Gasteiger partial charge < -0.3 is 4.90 Å². The first kappa shape index (κ1) is 12.4. The van der Waals surface area contributed by atoms with Crippen LogP contribution in [0, 0.1) is 0 Å². The molecule has 0 N–H and O–H groups in total. The molecule has 1 aliphatic rings. The molecule has 1 saturated heterocycles. The van der Waals surface area contributed by atoms with Gasteiger partial charge >= 0.3 is 0 Å². The van der Waals surface area contributed by atoms with Gasteiger partial charge in [-0.2, -0.15) is 0 Å². The second-order valence-electron chi connectivity index (χ2n) is 4.59. The molecule has 3 rings (SSSR count). The number of aromatic nitrogens is 1. The highest BCUT2D eigenvalue weighted by molar-refractivity contribution is 9.10. The maximum atomic E-state index is 11.7. The molecule has 0 spiro atoms. The van der Waals surface area contributed by atoms with E-state index < -0.39 is 0 Å². The Bertz CT molecular complexity index is 610. The quantitative estimate of drug-likeness (QED) is 0.847. The van der Waals surface area contributed by atoms with Crippen molar-refractivity contribution in [3.63, 3.8) is 0 Å². The molecule has 4 heteroatoms. The number of hydrogen-bond acceptors (Lipinski definition) is 2. The van der Waals surface area contributed by atoms with Gasteiger partial charge in [-0.3, -0.25) is 9.78 Å². The molecule has 96 valence electrons. The molecule has 0 aliphatic carbocycles. The van der Waals surface area contributed by atoms with Crippen LogP contribution >= 0.6 is 15.9 Å². The minimum absolute atomic E-state index is 0.219. The molecule has 1 aromatic carbocycles. The van der Waals surface area contributed by atoms with E-state index >= 15 is 0 Å². The molecule has 2 heterocycles. The molecule has 1 fully saturated rings. The fraction of sp³-hybridized carbons (Fsp3) is 0.200. The van der Waals surface area contributed by atoms with E-state index in [-0.39, 0.29) is 5.91 Å². The third-order valence-corrected chi connectivity index (χ3v) is 3.72. The highest BCUT2D eigenvalue weighted by atomic mass is 79.9. The van der Waals surface area contributed by atoms with E-state index in [0.717, 1.165) is 34.3 Å². The van der Waals surface area contributed by atoms with Crippen LogP contribution in [-0.4, -0.2) is 17.4 Å². The predicted octanol–water partition coefficient (Wildman–Crippen LogP) is 3.64. The predicted molar refractivity (Wildman–Crippen MR) is 79.0 cm³/mol. The lowest BCUT2D eigenvalue weighted by Gasteiger charge is -2.15. The van der Waals surface area contributed by atoms with Crippen LogP contribution in [0.3, 0.4) is 0 Å². The van der Waals surface area contributed by atoms with Crippen molar-refractivity contribution in [1.29, 1.82) is 0 Å². The lowest BCUT2D eigenvalue weighted by molar-refractivity contribution is -0.117. The van der Waals surface area contributed by atoms with E-state index in [1.165, 1.54) is 0 Å². The Balaban J connectivity index is 1.88. The topological polar surface area (TPSA) is 33.2 Å². The molecule has 0 atom stereocenters. The monoisotopic (exact) mass is 316 g/mol. The summed E-state index contributed by atoms with van der Waals surface area (Å²) in [5.74, 6) is 0.219. The zero-order valence-corrected chi connectivity index (χ0v) is 11.9. The van der Waals surface area contributed by atoms with Crippen molar-refractivity contribution in [2.45, 2.75) is 12.8 Å². The van der Waals surface area contributed by atoms with Crippen molar-refractivity contribution in [2.24, 2.45) is 0 Å². The van der Waals surface area contributed by atoms with Crippen molar-refractivity contribution in [3.8, 4) is 11.1 Å². The Morgan fingerprint density at radius 3 is 2.53 bits per heavy atom. The fourth-order valence-corrected chi connectivity index (χ4v) is 2.69. The molecule has 0 bridgehead atoms. The standard InChI is InChI=1S/C15H13BrN2O/c16-13-8-12(9-17-10-13)11-3-5-14(6-4-11)18-7-1-2-15(18)19/h3-6,8-10H,1-2,7H2. The SMILES string of the molecule is O=C1CCCN1c1ccc(-c2cncc(Br)c2)cc1. The molecule has 1 amide bonds. The van der Waals surface area contributed by atoms with E-state index in [4.69, 9.17) is 0 Å². The van der Waals surface area contributed by atoms with E-state index in [0.29, 0.717) is 6.42 Å². The van der Waals surface area contributed by atoms with Gasteiger partial charge in [0.15, 0.2) is 0 Å². The number of hydrogen-bond donors (Lipinski definition) is 0. The Morgan fingerprint density at radius 2 is 1.89 bits per heavy atom. The lowest BCUT2D eigenvalue weighted by atomic mass is 10.1. The third-order valence-electron chi connectivity index (χ3n) is 3.29. The van der Waals surface area contributed by atoms with E-state index in [1.807, 2.05) is 41.4 Å². The number of rotatable bonds is 2. The average molecular weight is 317 g/mol. The van der Waals surface area contributed by atoms with Crippen LogP contribution in [0.25, 0.3) is 11.1 Å². The minimum Gasteiger partial charge on any atom is -0.312 e. The largest absolute Gasteiger partial charge is 0.312 e. The molecule has 0 saturated carbocycles. The van der Waals surface area contributed by atoms with Crippen LogP contribution in [0.5, 0.6) is 0 Å². The Hall–Kier alpha value is -1.68. The van der Waals surface area contributed by atoms with Crippen molar-refractivity contribution >= 4 is 27.5 Å². The number of benzene rings is 1. The highest BCUT2D eigenvalue weighted by Crippen LogP contribution is 2.26. The number of halogens is 1. The third kappa shape index (κ3) is 2.54. The second-order valence-corrected chi connectivity index (χ2v) is 5.50. The maximum Gasteiger partial charge on any atom is 0.227 e. The fourth-order valence-electron chi connectivity index (χ4n) is 2.32. The van der Waals surface area contributed by atoms with Crippen molar-refractivity contribution in [1.82, 2.24) is 4.98 Å². The van der Waals surface area contributed by atoms with Gasteiger partial charge in [0.25, 0.3) is 0 Å². The number of anilines is 1. The summed E-state index contributed by atoms with van der Waals surface area (Å²) in [6, 6.07) is 10.1. The average Bonchev–Trinajstić information content (AvgIpc) is 2.85. The summed E-state index contributed by atoms with van der Waals surface area (Å²) in [6.07, 6.45) is 5.22. The van der Waals surface area contributed by atoms with E-state index in [1.54, 1.807) is 6.20 Å². The van der Waals surface area contributed by atoms with Gasteiger partial charge in [0.2, 0.25) is 5.91 Å². The maximum absolute atomic E-state index is 11.7. The van der Waals surface area contributed by atoms with Gasteiger partial charge in [0.1, 0.15) is 0 Å². The summed E-state index contributed by atoms with van der Waals surface area (Å²) < 4.78 is 0.962. The van der Waals surface area contributed by atoms with Crippen LogP contribution in [0.4, 0.5) is 5.69 Å².